The molecule has 2 rings (SSSR count). The predicted octanol–water partition coefficient (Wildman–Crippen LogP) is 1.91. The summed E-state index contributed by atoms with van der Waals surface area (Å²) < 4.78 is 0. The van der Waals surface area contributed by atoms with Gasteiger partial charge >= 0.3 is 5.97 Å². The average Bonchev–Trinajstić information content (AvgIpc) is 2.92. The van der Waals surface area contributed by atoms with E-state index in [1.807, 2.05) is 5.38 Å². The number of aromatic nitrogens is 1. The second-order valence-corrected chi connectivity index (χ2v) is 6.05. The van der Waals surface area contributed by atoms with Gasteiger partial charge in [0.25, 0.3) is 0 Å². The van der Waals surface area contributed by atoms with Gasteiger partial charge in [-0.2, -0.15) is 0 Å². The van der Waals surface area contributed by atoms with E-state index >= 15 is 0 Å². The maximum Gasteiger partial charge on any atom is 0.303 e. The lowest BCUT2D eigenvalue weighted by Gasteiger charge is -2.33. The second kappa shape index (κ2) is 7.71. The fourth-order valence-corrected chi connectivity index (χ4v) is 3.58. The van der Waals surface area contributed by atoms with Gasteiger partial charge in [0.15, 0.2) is 0 Å². The first kappa shape index (κ1) is 15.4. The van der Waals surface area contributed by atoms with E-state index in [0.717, 1.165) is 49.7 Å². The molecule has 0 aliphatic carbocycles. The summed E-state index contributed by atoms with van der Waals surface area (Å²) in [5.74, 6) is -0.758. The minimum atomic E-state index is -0.758. The monoisotopic (exact) mass is 297 g/mol. The summed E-state index contributed by atoms with van der Waals surface area (Å²) in [6.45, 7) is 6.41. The normalized spacial score (nSPS) is 18.1. The smallest absolute Gasteiger partial charge is 0.303 e. The van der Waals surface area contributed by atoms with Crippen molar-refractivity contribution in [3.63, 3.8) is 0 Å². The van der Waals surface area contributed by atoms with Crippen molar-refractivity contribution in [2.45, 2.75) is 38.6 Å². The summed E-state index contributed by atoms with van der Waals surface area (Å²) in [7, 11) is 0. The fraction of sp³-hybridized carbons (Fsp3) is 0.714. The van der Waals surface area contributed by atoms with E-state index in [1.165, 1.54) is 0 Å². The lowest BCUT2D eigenvalue weighted by molar-refractivity contribution is -0.136. The molecular formula is C14H23N3O2S. The maximum atomic E-state index is 10.6. The molecule has 0 radical (unpaired) electrons. The number of aryl methyl sites for hydroxylation is 1. The molecule has 1 aliphatic rings. The van der Waals surface area contributed by atoms with Crippen LogP contribution in [0.4, 0.5) is 0 Å². The Hall–Kier alpha value is -0.980. The lowest BCUT2D eigenvalue weighted by Crippen LogP contribution is -2.45. The first-order valence-corrected chi connectivity index (χ1v) is 8.19. The number of carboxylic acid groups (broad SMARTS) is 1. The van der Waals surface area contributed by atoms with Gasteiger partial charge in [0.1, 0.15) is 5.01 Å². The largest absolute Gasteiger partial charge is 0.481 e. The molecule has 0 bridgehead atoms. The number of aliphatic carboxylic acids is 1. The Morgan fingerprint density at radius 2 is 2.30 bits per heavy atom. The third-order valence-corrected chi connectivity index (χ3v) is 4.60. The molecule has 0 spiro atoms. The molecule has 5 nitrogen and oxygen atoms in total. The van der Waals surface area contributed by atoms with E-state index in [0.29, 0.717) is 12.5 Å². The molecule has 6 heteroatoms. The molecular weight excluding hydrogens is 274 g/mol. The fourth-order valence-electron chi connectivity index (χ4n) is 2.55. The predicted molar refractivity (Wildman–Crippen MR) is 80.2 cm³/mol. The van der Waals surface area contributed by atoms with Gasteiger partial charge in [-0.1, -0.05) is 13.3 Å². The van der Waals surface area contributed by atoms with Crippen LogP contribution in [0.3, 0.4) is 0 Å². The molecule has 1 aliphatic heterocycles. The van der Waals surface area contributed by atoms with Crippen LogP contribution in [0.1, 0.15) is 42.9 Å². The van der Waals surface area contributed by atoms with Crippen molar-refractivity contribution in [1.82, 2.24) is 15.2 Å². The van der Waals surface area contributed by atoms with Crippen LogP contribution < -0.4 is 5.32 Å². The topological polar surface area (TPSA) is 65.5 Å². The van der Waals surface area contributed by atoms with Crippen LogP contribution in [0.2, 0.25) is 0 Å². The lowest BCUT2D eigenvalue weighted by atomic mass is 10.1. The molecule has 0 saturated carbocycles. The van der Waals surface area contributed by atoms with Crippen molar-refractivity contribution < 1.29 is 9.90 Å². The van der Waals surface area contributed by atoms with Gasteiger partial charge in [-0.25, -0.2) is 4.98 Å². The number of hydrogen-bond donors (Lipinski definition) is 2. The molecule has 1 aromatic heterocycles. The summed E-state index contributed by atoms with van der Waals surface area (Å²) in [6.07, 6.45) is 2.95. The molecule has 0 amide bonds. The first-order valence-electron chi connectivity index (χ1n) is 7.31. The molecule has 0 aromatic carbocycles. The van der Waals surface area contributed by atoms with Gasteiger partial charge in [-0.3, -0.25) is 9.69 Å². The molecule has 1 saturated heterocycles. The third kappa shape index (κ3) is 4.26. The molecule has 1 atom stereocenters. The van der Waals surface area contributed by atoms with Gasteiger partial charge in [0.05, 0.1) is 18.2 Å². The number of carbonyl (C=O) groups is 1. The summed E-state index contributed by atoms with van der Waals surface area (Å²) in [6, 6.07) is 0.394. The highest BCUT2D eigenvalue weighted by molar-refractivity contribution is 7.09. The highest BCUT2D eigenvalue weighted by Gasteiger charge is 2.23. The zero-order valence-electron chi connectivity index (χ0n) is 12.0. The van der Waals surface area contributed by atoms with E-state index in [2.05, 4.69) is 22.1 Å². The van der Waals surface area contributed by atoms with Crippen molar-refractivity contribution in [1.29, 1.82) is 0 Å². The number of nitrogens with one attached hydrogen (secondary N) is 1. The van der Waals surface area contributed by atoms with Crippen LogP contribution >= 0.6 is 11.3 Å². The molecule has 1 unspecified atom stereocenters. The van der Waals surface area contributed by atoms with Crippen LogP contribution in [-0.4, -0.2) is 47.1 Å². The summed E-state index contributed by atoms with van der Waals surface area (Å²) >= 11 is 1.68. The zero-order valence-corrected chi connectivity index (χ0v) is 12.8. The summed E-state index contributed by atoms with van der Waals surface area (Å²) in [4.78, 5) is 17.8. The average molecular weight is 297 g/mol. The highest BCUT2D eigenvalue weighted by atomic mass is 32.1. The standard InChI is InChI=1S/C14H23N3O2S/c1-2-3-12(17-8-6-15-7-9-17)14-16-11(10-20-14)4-5-13(18)19/h10,12,15H,2-9H2,1H3,(H,18,19). The Morgan fingerprint density at radius 1 is 1.55 bits per heavy atom. The van der Waals surface area contributed by atoms with Crippen LogP contribution in [0, 0.1) is 0 Å². The van der Waals surface area contributed by atoms with Crippen LogP contribution in [0.25, 0.3) is 0 Å². The Labute approximate surface area is 124 Å². The van der Waals surface area contributed by atoms with Crippen molar-refractivity contribution in [3.8, 4) is 0 Å². The maximum absolute atomic E-state index is 10.6. The first-order chi connectivity index (χ1) is 9.70. The van der Waals surface area contributed by atoms with E-state index in [9.17, 15) is 4.79 Å². The molecule has 1 aromatic rings. The Morgan fingerprint density at radius 3 is 2.95 bits per heavy atom. The zero-order chi connectivity index (χ0) is 14.4. The highest BCUT2D eigenvalue weighted by Crippen LogP contribution is 2.29. The van der Waals surface area contributed by atoms with Crippen molar-refractivity contribution >= 4 is 17.3 Å². The Kier molecular flexibility index (Phi) is 5.94. The molecule has 2 N–H and O–H groups in total. The number of hydrogen-bond acceptors (Lipinski definition) is 5. The second-order valence-electron chi connectivity index (χ2n) is 5.16. The van der Waals surface area contributed by atoms with Crippen molar-refractivity contribution in [2.24, 2.45) is 0 Å². The number of piperazine rings is 1. The van der Waals surface area contributed by atoms with Crippen LogP contribution in [-0.2, 0) is 11.2 Å². The van der Waals surface area contributed by atoms with Crippen molar-refractivity contribution in [2.75, 3.05) is 26.2 Å². The van der Waals surface area contributed by atoms with Crippen molar-refractivity contribution in [3.05, 3.63) is 16.1 Å². The van der Waals surface area contributed by atoms with E-state index in [4.69, 9.17) is 5.11 Å². The quantitative estimate of drug-likeness (QED) is 0.805. The van der Waals surface area contributed by atoms with E-state index in [-0.39, 0.29) is 6.42 Å². The molecule has 1 fully saturated rings. The molecule has 112 valence electrons. The molecule has 2 heterocycles. The molecule has 20 heavy (non-hydrogen) atoms. The SMILES string of the molecule is CCCC(c1nc(CCC(=O)O)cs1)N1CCNCC1. The van der Waals surface area contributed by atoms with Gasteiger partial charge < -0.3 is 10.4 Å². The van der Waals surface area contributed by atoms with Gasteiger partial charge in [0, 0.05) is 38.0 Å². The van der Waals surface area contributed by atoms with Crippen LogP contribution in [0.15, 0.2) is 5.38 Å². The van der Waals surface area contributed by atoms with Gasteiger partial charge in [-0.15, -0.1) is 11.3 Å². The van der Waals surface area contributed by atoms with Gasteiger partial charge in [-0.05, 0) is 6.42 Å². The summed E-state index contributed by atoms with van der Waals surface area (Å²) in [5.41, 5.74) is 0.920. The minimum Gasteiger partial charge on any atom is -0.481 e. The van der Waals surface area contributed by atoms with Crippen LogP contribution in [0.5, 0.6) is 0 Å². The minimum absolute atomic E-state index is 0.162. The number of nitrogens with zero attached hydrogens (tertiary/aromatic N) is 2. The Bertz CT molecular complexity index is 430. The third-order valence-electron chi connectivity index (χ3n) is 3.60. The van der Waals surface area contributed by atoms with Gasteiger partial charge in [0.2, 0.25) is 0 Å². The number of rotatable bonds is 7. The summed E-state index contributed by atoms with van der Waals surface area (Å²) in [5, 5.41) is 15.3. The Balaban J connectivity index is 2.02. The number of carboxylic acids is 1. The number of thiazole rings is 1. The van der Waals surface area contributed by atoms with E-state index in [1.54, 1.807) is 11.3 Å². The van der Waals surface area contributed by atoms with E-state index < -0.39 is 5.97 Å².